The average Bonchev–Trinajstić information content (AvgIpc) is 3.84. The smallest absolute Gasteiger partial charge is 0.494 e. The fourth-order valence-electron chi connectivity index (χ4n) is 5.12. The van der Waals surface area contributed by atoms with Crippen LogP contribution in [0.25, 0.3) is 31.3 Å². The van der Waals surface area contributed by atoms with Crippen molar-refractivity contribution < 1.29 is 28.3 Å². The van der Waals surface area contributed by atoms with E-state index in [1.165, 1.54) is 31.3 Å². The Bertz CT molecular complexity index is 1930. The van der Waals surface area contributed by atoms with Gasteiger partial charge in [-0.15, -0.1) is 22.7 Å². The van der Waals surface area contributed by atoms with Crippen molar-refractivity contribution in [3.05, 3.63) is 100 Å². The first-order valence-corrected chi connectivity index (χ1v) is 17.9. The van der Waals surface area contributed by atoms with Gasteiger partial charge in [0.2, 0.25) is 0 Å². The number of benzene rings is 4. The summed E-state index contributed by atoms with van der Waals surface area (Å²) in [5, 5.41) is 6.62. The van der Waals surface area contributed by atoms with Crippen LogP contribution in [0, 0.1) is 0 Å². The molecule has 10 heteroatoms. The van der Waals surface area contributed by atoms with Crippen LogP contribution in [0.5, 0.6) is 23.0 Å². The van der Waals surface area contributed by atoms with Crippen LogP contribution in [0.15, 0.2) is 100 Å². The van der Waals surface area contributed by atoms with E-state index in [0.29, 0.717) is 0 Å². The molecule has 7 rings (SSSR count). The van der Waals surface area contributed by atoms with Crippen molar-refractivity contribution in [1.82, 2.24) is 0 Å². The van der Waals surface area contributed by atoms with Crippen LogP contribution in [0.1, 0.15) is 27.7 Å². The predicted molar refractivity (Wildman–Crippen MR) is 205 cm³/mol. The van der Waals surface area contributed by atoms with E-state index in [0.717, 1.165) is 32.9 Å². The Balaban J connectivity index is 0.000000144. The quantitative estimate of drug-likeness (QED) is 0.158. The molecule has 48 heavy (non-hydrogen) atoms. The molecule has 3 heterocycles. The fourth-order valence-corrected chi connectivity index (χ4v) is 7.54. The lowest BCUT2D eigenvalue weighted by Gasteiger charge is -2.32. The molecule has 0 spiro atoms. The van der Waals surface area contributed by atoms with E-state index >= 15 is 0 Å². The molecule has 1 fully saturated rings. The van der Waals surface area contributed by atoms with Crippen LogP contribution < -0.4 is 24.4 Å². The normalized spacial score (nSPS) is 14.5. The van der Waals surface area contributed by atoms with Crippen LogP contribution >= 0.6 is 38.6 Å². The second-order valence-corrected chi connectivity index (χ2v) is 14.7. The Kier molecular flexibility index (Phi) is 11.4. The van der Waals surface area contributed by atoms with E-state index in [1.807, 2.05) is 54.6 Å². The topological polar surface area (TPSA) is 55.4 Å². The molecule has 0 aliphatic carbocycles. The summed E-state index contributed by atoms with van der Waals surface area (Å²) >= 11 is 6.89. The molecule has 250 valence electrons. The minimum Gasteiger partial charge on any atom is -0.497 e. The first kappa shape index (κ1) is 35.8. The number of ether oxygens (including phenoxy) is 4. The summed E-state index contributed by atoms with van der Waals surface area (Å²) in [5.74, 6) is 3.59. The molecule has 0 N–H and O–H groups in total. The van der Waals surface area contributed by atoms with Gasteiger partial charge in [0.15, 0.2) is 0 Å². The Morgan fingerprint density at radius 1 is 0.562 bits per heavy atom. The largest absolute Gasteiger partial charge is 0.497 e. The third-order valence-electron chi connectivity index (χ3n) is 8.59. The number of methoxy groups -OCH3 is 4. The van der Waals surface area contributed by atoms with Gasteiger partial charge in [-0.3, -0.25) is 0 Å². The first-order chi connectivity index (χ1) is 23.0. The van der Waals surface area contributed by atoms with Gasteiger partial charge in [-0.25, -0.2) is 0 Å². The lowest BCUT2D eigenvalue weighted by Crippen LogP contribution is -2.41. The number of halogens is 1. The van der Waals surface area contributed by atoms with Gasteiger partial charge in [0.1, 0.15) is 23.0 Å². The van der Waals surface area contributed by atoms with Crippen molar-refractivity contribution in [3.63, 3.8) is 0 Å². The molecule has 1 saturated heterocycles. The number of rotatable bonds is 6. The van der Waals surface area contributed by atoms with E-state index in [-0.39, 0.29) is 18.3 Å². The first-order valence-electron chi connectivity index (χ1n) is 15.4. The van der Waals surface area contributed by atoms with Crippen molar-refractivity contribution >= 4 is 71.4 Å². The van der Waals surface area contributed by atoms with E-state index in [2.05, 4.69) is 84.7 Å². The van der Waals surface area contributed by atoms with Gasteiger partial charge in [-0.1, -0.05) is 40.2 Å². The number of hydrogen-bond acceptors (Lipinski definition) is 8. The SMILES string of the molecule is COc1ccc(-c2ccc(OC)c3sccc23)cc1.COc1ccc(B2OC(C)(C)C(C)(C)O2)cc1.COc1ccc(Br)c2ccsc12. The summed E-state index contributed by atoms with van der Waals surface area (Å²) in [6, 6.07) is 28.3. The van der Waals surface area contributed by atoms with E-state index < -0.39 is 0 Å². The third-order valence-corrected chi connectivity index (χ3v) is 11.1. The summed E-state index contributed by atoms with van der Waals surface area (Å²) in [5.41, 5.74) is 2.84. The van der Waals surface area contributed by atoms with Gasteiger partial charge < -0.3 is 28.3 Å². The lowest BCUT2D eigenvalue weighted by molar-refractivity contribution is 0.00578. The molecule has 0 amide bonds. The Labute approximate surface area is 299 Å². The maximum absolute atomic E-state index is 5.96. The standard InChI is InChI=1S/C16H14O2S.C13H19BO3.C9H7BrOS/c1-17-12-5-3-11(4-6-12)13-7-8-15(18-2)16-14(13)9-10-19-16;1-12(2)13(3,4)17-14(16-12)10-6-8-11(15-5)9-7-10;1-11-8-3-2-7(10)6-4-5-12-9(6)8/h3-10H,1-2H3;6-9H,1-5H3;2-5H,1H3. The van der Waals surface area contributed by atoms with Gasteiger partial charge in [0.25, 0.3) is 0 Å². The zero-order chi connectivity index (χ0) is 34.5. The lowest BCUT2D eigenvalue weighted by atomic mass is 9.79. The van der Waals surface area contributed by atoms with Gasteiger partial charge in [0, 0.05) is 15.2 Å². The van der Waals surface area contributed by atoms with Crippen molar-refractivity contribution in [1.29, 1.82) is 0 Å². The summed E-state index contributed by atoms with van der Waals surface area (Å²) in [6.07, 6.45) is 0. The zero-order valence-corrected chi connectivity index (χ0v) is 31.7. The number of hydrogen-bond donors (Lipinski definition) is 0. The van der Waals surface area contributed by atoms with Crippen molar-refractivity contribution in [2.75, 3.05) is 28.4 Å². The molecule has 1 aliphatic rings. The summed E-state index contributed by atoms with van der Waals surface area (Å²) in [6.45, 7) is 8.21. The van der Waals surface area contributed by atoms with E-state index in [1.54, 1.807) is 51.1 Å². The van der Waals surface area contributed by atoms with Crippen molar-refractivity contribution in [3.8, 4) is 34.1 Å². The van der Waals surface area contributed by atoms with Crippen LogP contribution in [0.3, 0.4) is 0 Å². The van der Waals surface area contributed by atoms with Gasteiger partial charge in [0.05, 0.1) is 49.0 Å². The minimum absolute atomic E-state index is 0.294. The monoisotopic (exact) mass is 746 g/mol. The molecule has 0 radical (unpaired) electrons. The molecule has 6 nitrogen and oxygen atoms in total. The van der Waals surface area contributed by atoms with E-state index in [9.17, 15) is 0 Å². The highest BCUT2D eigenvalue weighted by Gasteiger charge is 2.51. The van der Waals surface area contributed by atoms with Gasteiger partial charge >= 0.3 is 7.12 Å². The highest BCUT2D eigenvalue weighted by molar-refractivity contribution is 9.10. The predicted octanol–water partition coefficient (Wildman–Crippen LogP) is 10.3. The number of thiophene rings is 2. The second kappa shape index (κ2) is 15.3. The van der Waals surface area contributed by atoms with Crippen molar-refractivity contribution in [2.24, 2.45) is 0 Å². The van der Waals surface area contributed by atoms with Crippen LogP contribution in [-0.2, 0) is 9.31 Å². The molecular weight excluding hydrogens is 707 g/mol. The molecule has 1 aliphatic heterocycles. The Morgan fingerprint density at radius 2 is 1.04 bits per heavy atom. The molecule has 0 bridgehead atoms. The fraction of sp³-hybridized carbons (Fsp3) is 0.263. The summed E-state index contributed by atoms with van der Waals surface area (Å²) in [7, 11) is 6.44. The maximum Gasteiger partial charge on any atom is 0.494 e. The van der Waals surface area contributed by atoms with E-state index in [4.69, 9.17) is 28.3 Å². The van der Waals surface area contributed by atoms with Gasteiger partial charge in [-0.05, 0) is 116 Å². The third kappa shape index (κ3) is 7.69. The Morgan fingerprint density at radius 3 is 1.56 bits per heavy atom. The molecule has 0 atom stereocenters. The van der Waals surface area contributed by atoms with Crippen LogP contribution in [-0.4, -0.2) is 46.8 Å². The summed E-state index contributed by atoms with van der Waals surface area (Å²) < 4.78 is 36.4. The highest BCUT2D eigenvalue weighted by atomic mass is 79.9. The van der Waals surface area contributed by atoms with Crippen LogP contribution in [0.4, 0.5) is 0 Å². The molecule has 2 aromatic heterocycles. The average molecular weight is 748 g/mol. The minimum atomic E-state index is -0.300. The maximum atomic E-state index is 5.96. The van der Waals surface area contributed by atoms with Crippen molar-refractivity contribution in [2.45, 2.75) is 38.9 Å². The molecule has 4 aromatic carbocycles. The van der Waals surface area contributed by atoms with Gasteiger partial charge in [-0.2, -0.15) is 0 Å². The number of fused-ring (bicyclic) bond motifs is 2. The Hall–Kier alpha value is -3.54. The highest BCUT2D eigenvalue weighted by Crippen LogP contribution is 2.39. The molecule has 0 saturated carbocycles. The summed E-state index contributed by atoms with van der Waals surface area (Å²) in [4.78, 5) is 0. The molecular formula is C38H40BBrO6S2. The zero-order valence-electron chi connectivity index (χ0n) is 28.5. The van der Waals surface area contributed by atoms with Crippen LogP contribution in [0.2, 0.25) is 0 Å². The molecule has 6 aromatic rings. The molecule has 0 unspecified atom stereocenters. The second-order valence-electron chi connectivity index (χ2n) is 12.0.